The van der Waals surface area contributed by atoms with Gasteiger partial charge in [-0.3, -0.25) is 0 Å². The maximum atomic E-state index is 10.8. The van der Waals surface area contributed by atoms with Gasteiger partial charge in [0.05, 0.1) is 0 Å². The summed E-state index contributed by atoms with van der Waals surface area (Å²) in [5.74, 6) is 2.93. The fourth-order valence-corrected chi connectivity index (χ4v) is 2.46. The summed E-state index contributed by atoms with van der Waals surface area (Å²) in [5, 5.41) is 10.8. The smallest absolute Gasteiger partial charge is 0.155 e. The molecule has 96 valence electrons. The van der Waals surface area contributed by atoms with E-state index in [9.17, 15) is 5.11 Å². The van der Waals surface area contributed by atoms with E-state index in [-0.39, 0.29) is 0 Å². The molecule has 0 heterocycles. The normalized spacial score (nSPS) is 13.2. The molecule has 0 aromatic heterocycles. The van der Waals surface area contributed by atoms with Gasteiger partial charge in [-0.2, -0.15) is 0 Å². The number of aryl methyl sites for hydroxylation is 1. The van der Waals surface area contributed by atoms with Crippen LogP contribution in [0.25, 0.3) is 0 Å². The molecule has 2 aromatic rings. The molecule has 0 fully saturated rings. The van der Waals surface area contributed by atoms with Crippen LogP contribution in [0.5, 0.6) is 0 Å². The summed E-state index contributed by atoms with van der Waals surface area (Å²) < 4.78 is 2.81. The molecule has 19 heavy (non-hydrogen) atoms. The Bertz CT molecular complexity index is 593. The first-order valence-corrected chi connectivity index (χ1v) is 7.18. The van der Waals surface area contributed by atoms with Crippen LogP contribution < -0.4 is 0 Å². The van der Waals surface area contributed by atoms with E-state index in [1.807, 2.05) is 65.1 Å². The summed E-state index contributed by atoms with van der Waals surface area (Å²) in [6, 6.07) is 17.8. The fourth-order valence-electron chi connectivity index (χ4n) is 2.01. The van der Waals surface area contributed by atoms with Gasteiger partial charge in [-0.25, -0.2) is 0 Å². The lowest BCUT2D eigenvalue weighted by Gasteiger charge is -2.23. The van der Waals surface area contributed by atoms with Crippen molar-refractivity contribution in [1.82, 2.24) is 0 Å². The SMILES string of the molecule is Cc1ccc(CC(O)(C#CI)c2ccccc2)cc1. The molecule has 0 saturated carbocycles. The third-order valence-electron chi connectivity index (χ3n) is 3.09. The molecule has 0 aliphatic heterocycles. The number of halogens is 1. The van der Waals surface area contributed by atoms with Crippen LogP contribution in [0, 0.1) is 16.8 Å². The van der Waals surface area contributed by atoms with Crippen LogP contribution in [0.2, 0.25) is 0 Å². The van der Waals surface area contributed by atoms with Crippen LogP contribution in [0.1, 0.15) is 16.7 Å². The lowest BCUT2D eigenvalue weighted by molar-refractivity contribution is 0.101. The highest BCUT2D eigenvalue weighted by atomic mass is 127. The predicted octanol–water partition coefficient (Wildman–Crippen LogP) is 3.82. The standard InChI is InChI=1S/C17H15IO/c1-14-7-9-15(10-8-14)13-17(19,11-12-18)16-5-3-2-4-6-16/h2-10,19H,13H2,1H3. The predicted molar refractivity (Wildman–Crippen MR) is 87.0 cm³/mol. The fraction of sp³-hybridized carbons (Fsp3) is 0.176. The van der Waals surface area contributed by atoms with Crippen molar-refractivity contribution in [2.45, 2.75) is 18.9 Å². The Labute approximate surface area is 127 Å². The Hall–Kier alpha value is -1.31. The lowest BCUT2D eigenvalue weighted by Crippen LogP contribution is -2.26. The van der Waals surface area contributed by atoms with Crippen molar-refractivity contribution < 1.29 is 5.11 Å². The van der Waals surface area contributed by atoms with Gasteiger partial charge in [-0.1, -0.05) is 66.1 Å². The van der Waals surface area contributed by atoms with Gasteiger partial charge in [0, 0.05) is 29.0 Å². The van der Waals surface area contributed by atoms with Crippen molar-refractivity contribution in [2.75, 3.05) is 0 Å². The first-order valence-electron chi connectivity index (χ1n) is 6.10. The molecule has 0 saturated heterocycles. The Balaban J connectivity index is 2.34. The molecule has 0 amide bonds. The van der Waals surface area contributed by atoms with E-state index < -0.39 is 5.60 Å². The Morgan fingerprint density at radius 3 is 2.26 bits per heavy atom. The molecule has 0 bridgehead atoms. The second-order valence-electron chi connectivity index (χ2n) is 4.61. The molecule has 2 heteroatoms. The highest BCUT2D eigenvalue weighted by Gasteiger charge is 2.27. The summed E-state index contributed by atoms with van der Waals surface area (Å²) in [6.45, 7) is 2.05. The van der Waals surface area contributed by atoms with Crippen molar-refractivity contribution >= 4 is 22.6 Å². The quantitative estimate of drug-likeness (QED) is 0.650. The third kappa shape index (κ3) is 3.59. The number of benzene rings is 2. The minimum absolute atomic E-state index is 0.493. The molecule has 1 nitrogen and oxygen atoms in total. The van der Waals surface area contributed by atoms with Gasteiger partial charge in [0.2, 0.25) is 0 Å². The van der Waals surface area contributed by atoms with Crippen LogP contribution in [0.4, 0.5) is 0 Å². The minimum atomic E-state index is -1.13. The van der Waals surface area contributed by atoms with E-state index in [1.165, 1.54) is 5.56 Å². The van der Waals surface area contributed by atoms with Crippen molar-refractivity contribution in [3.05, 3.63) is 71.3 Å². The average molecular weight is 362 g/mol. The lowest BCUT2D eigenvalue weighted by atomic mass is 9.88. The molecule has 1 unspecified atom stereocenters. The number of hydrogen-bond donors (Lipinski definition) is 1. The molecule has 2 rings (SSSR count). The minimum Gasteiger partial charge on any atom is -0.373 e. The topological polar surface area (TPSA) is 20.2 Å². The summed E-state index contributed by atoms with van der Waals surface area (Å²) >= 11 is 1.97. The van der Waals surface area contributed by atoms with Gasteiger partial charge in [0.15, 0.2) is 5.60 Å². The van der Waals surface area contributed by atoms with Gasteiger partial charge in [-0.15, -0.1) is 0 Å². The maximum Gasteiger partial charge on any atom is 0.155 e. The summed E-state index contributed by atoms with van der Waals surface area (Å²) in [6.07, 6.45) is 0.493. The van der Waals surface area contributed by atoms with Gasteiger partial charge >= 0.3 is 0 Å². The van der Waals surface area contributed by atoms with Gasteiger partial charge in [0.1, 0.15) is 0 Å². The summed E-state index contributed by atoms with van der Waals surface area (Å²) in [7, 11) is 0. The first kappa shape index (κ1) is 14.1. The highest BCUT2D eigenvalue weighted by Crippen LogP contribution is 2.25. The Morgan fingerprint density at radius 2 is 1.68 bits per heavy atom. The average Bonchev–Trinajstić information content (AvgIpc) is 2.43. The highest BCUT2D eigenvalue weighted by molar-refractivity contribution is 14.1. The monoisotopic (exact) mass is 362 g/mol. The Kier molecular flexibility index (Phi) is 4.62. The molecule has 0 aliphatic carbocycles. The van der Waals surface area contributed by atoms with Crippen LogP contribution in [-0.2, 0) is 12.0 Å². The van der Waals surface area contributed by atoms with Crippen molar-refractivity contribution in [3.63, 3.8) is 0 Å². The third-order valence-corrected chi connectivity index (χ3v) is 3.36. The zero-order valence-electron chi connectivity index (χ0n) is 10.7. The zero-order valence-corrected chi connectivity index (χ0v) is 12.9. The van der Waals surface area contributed by atoms with Gasteiger partial charge < -0.3 is 5.11 Å². The second-order valence-corrected chi connectivity index (χ2v) is 5.15. The number of aliphatic hydroxyl groups is 1. The van der Waals surface area contributed by atoms with Crippen LogP contribution in [-0.4, -0.2) is 5.11 Å². The number of hydrogen-bond acceptors (Lipinski definition) is 1. The van der Waals surface area contributed by atoms with E-state index in [0.29, 0.717) is 6.42 Å². The molecule has 2 aromatic carbocycles. The maximum absolute atomic E-state index is 10.8. The van der Waals surface area contributed by atoms with Crippen LogP contribution in [0.15, 0.2) is 54.6 Å². The van der Waals surface area contributed by atoms with Crippen LogP contribution in [0.3, 0.4) is 0 Å². The van der Waals surface area contributed by atoms with E-state index in [2.05, 4.69) is 28.9 Å². The largest absolute Gasteiger partial charge is 0.373 e. The molecule has 1 N–H and O–H groups in total. The molecule has 0 aliphatic rings. The molecule has 0 radical (unpaired) electrons. The molecule has 0 spiro atoms. The van der Waals surface area contributed by atoms with E-state index in [4.69, 9.17) is 0 Å². The van der Waals surface area contributed by atoms with Crippen LogP contribution >= 0.6 is 22.6 Å². The van der Waals surface area contributed by atoms with Crippen molar-refractivity contribution in [1.29, 1.82) is 0 Å². The molecular weight excluding hydrogens is 347 g/mol. The van der Waals surface area contributed by atoms with Crippen molar-refractivity contribution in [3.8, 4) is 9.85 Å². The number of rotatable bonds is 3. The Morgan fingerprint density at radius 1 is 1.05 bits per heavy atom. The van der Waals surface area contributed by atoms with E-state index >= 15 is 0 Å². The van der Waals surface area contributed by atoms with Crippen molar-refractivity contribution in [2.24, 2.45) is 0 Å². The summed E-state index contributed by atoms with van der Waals surface area (Å²) in [5.41, 5.74) is 2.00. The van der Waals surface area contributed by atoms with Gasteiger partial charge in [-0.05, 0) is 22.0 Å². The van der Waals surface area contributed by atoms with E-state index in [0.717, 1.165) is 11.1 Å². The molecular formula is C17H15IO. The summed E-state index contributed by atoms with van der Waals surface area (Å²) in [4.78, 5) is 0. The second kappa shape index (κ2) is 6.23. The first-order chi connectivity index (χ1) is 9.14. The van der Waals surface area contributed by atoms with E-state index in [1.54, 1.807) is 0 Å². The molecule has 1 atom stereocenters. The zero-order chi connectivity index (χ0) is 13.7. The van der Waals surface area contributed by atoms with Gasteiger partial charge in [0.25, 0.3) is 0 Å².